The second kappa shape index (κ2) is 7.15. The average Bonchev–Trinajstić information content (AvgIpc) is 2.10. The minimum Gasteiger partial charge on any atom is -0.481 e. The Kier molecular flexibility index (Phi) is 6.99. The van der Waals surface area contributed by atoms with Crippen molar-refractivity contribution in [2.75, 3.05) is 0 Å². The van der Waals surface area contributed by atoms with Crippen LogP contribution in [0.2, 0.25) is 25.7 Å². The fourth-order valence-corrected chi connectivity index (χ4v) is 5.37. The van der Waals surface area contributed by atoms with Gasteiger partial charge < -0.3 is 19.1 Å². The van der Waals surface area contributed by atoms with Crippen LogP contribution in [-0.2, 0) is 13.7 Å². The van der Waals surface area contributed by atoms with Crippen LogP contribution in [0.1, 0.15) is 19.8 Å². The summed E-state index contributed by atoms with van der Waals surface area (Å²) in [5, 5.41) is 17.9. The van der Waals surface area contributed by atoms with E-state index >= 15 is 0 Å². The number of aliphatic carboxylic acids is 1. The van der Waals surface area contributed by atoms with E-state index in [4.69, 9.17) is 9.53 Å². The Morgan fingerprint density at radius 3 is 2.29 bits per heavy atom. The lowest BCUT2D eigenvalue weighted by molar-refractivity contribution is -0.138. The number of aliphatic hydroxyl groups excluding tert-OH is 1. The molecule has 17 heavy (non-hydrogen) atoms. The summed E-state index contributed by atoms with van der Waals surface area (Å²) >= 11 is 0. The molecule has 0 radical (unpaired) electrons. The van der Waals surface area contributed by atoms with Crippen LogP contribution in [0.4, 0.5) is 0 Å². The lowest BCUT2D eigenvalue weighted by Gasteiger charge is -2.24. The summed E-state index contributed by atoms with van der Waals surface area (Å²) in [7, 11) is -3.87. The maximum atomic E-state index is 12.0. The minimum absolute atomic E-state index is 0.0277. The van der Waals surface area contributed by atoms with Crippen LogP contribution in [0.15, 0.2) is 0 Å². The molecular weight excluding hydrogens is 256 g/mol. The third-order valence-electron chi connectivity index (χ3n) is 2.07. The standard InChI is InChI=1S/C10H22O5Si2/c1-5-10(15-17(2,3)4)16(14)7-8(11)6-9(12)13/h8,10-11H,5-7H2,1-4H3,(H,12,13). The molecule has 0 aliphatic carbocycles. The van der Waals surface area contributed by atoms with E-state index in [0.29, 0.717) is 6.42 Å². The second-order valence-electron chi connectivity index (χ2n) is 5.05. The van der Waals surface area contributed by atoms with Gasteiger partial charge in [-0.3, -0.25) is 4.79 Å². The van der Waals surface area contributed by atoms with E-state index in [1.165, 1.54) is 0 Å². The highest BCUT2D eigenvalue weighted by atomic mass is 28.4. The summed E-state index contributed by atoms with van der Waals surface area (Å²) in [6, 6.07) is 0.0277. The summed E-state index contributed by atoms with van der Waals surface area (Å²) in [5.74, 6) is -1.08. The van der Waals surface area contributed by atoms with Crippen molar-refractivity contribution in [2.24, 2.45) is 0 Å². The van der Waals surface area contributed by atoms with Gasteiger partial charge in [-0.15, -0.1) is 0 Å². The molecule has 5 nitrogen and oxygen atoms in total. The third kappa shape index (κ3) is 8.36. The summed E-state index contributed by atoms with van der Waals surface area (Å²) in [6.07, 6.45) is -0.778. The van der Waals surface area contributed by atoms with Crippen molar-refractivity contribution < 1.29 is 23.9 Å². The summed E-state index contributed by atoms with van der Waals surface area (Å²) in [6.45, 7) is 7.92. The zero-order valence-electron chi connectivity index (χ0n) is 10.9. The molecule has 0 spiro atoms. The lowest BCUT2D eigenvalue weighted by atomic mass is 10.3. The van der Waals surface area contributed by atoms with Crippen LogP contribution < -0.4 is 0 Å². The molecule has 0 aromatic heterocycles. The van der Waals surface area contributed by atoms with Crippen LogP contribution in [0.25, 0.3) is 0 Å². The smallest absolute Gasteiger partial charge is 0.308 e. The number of hydrogen-bond acceptors (Lipinski definition) is 4. The minimum atomic E-state index is -2.11. The van der Waals surface area contributed by atoms with Crippen LogP contribution in [-0.4, -0.2) is 45.0 Å². The zero-order valence-corrected chi connectivity index (χ0v) is 12.9. The zero-order chi connectivity index (χ0) is 13.6. The summed E-state index contributed by atoms with van der Waals surface area (Å²) < 4.78 is 17.7. The molecule has 100 valence electrons. The predicted octanol–water partition coefficient (Wildman–Crippen LogP) is 1.41. The van der Waals surface area contributed by atoms with Crippen LogP contribution in [0, 0.1) is 0 Å². The Labute approximate surface area is 105 Å². The molecule has 0 fully saturated rings. The highest BCUT2D eigenvalue weighted by molar-refractivity contribution is 6.70. The monoisotopic (exact) mass is 278 g/mol. The maximum Gasteiger partial charge on any atom is 0.308 e. The molecule has 0 rings (SSSR count). The predicted molar refractivity (Wildman–Crippen MR) is 68.0 cm³/mol. The normalized spacial score (nSPS) is 15.4. The van der Waals surface area contributed by atoms with Crippen LogP contribution in [0.3, 0.4) is 0 Å². The molecule has 0 aliphatic heterocycles. The Hall–Kier alpha value is -0.376. The van der Waals surface area contributed by atoms with E-state index in [1.807, 2.05) is 26.6 Å². The number of carbonyl (C=O) groups is 1. The van der Waals surface area contributed by atoms with Crippen LogP contribution in [0.5, 0.6) is 0 Å². The van der Waals surface area contributed by atoms with Gasteiger partial charge in [-0.1, -0.05) is 6.92 Å². The molecule has 0 aromatic rings. The topological polar surface area (TPSA) is 83.8 Å². The van der Waals surface area contributed by atoms with E-state index in [0.717, 1.165) is 0 Å². The molecule has 2 N–H and O–H groups in total. The van der Waals surface area contributed by atoms with Gasteiger partial charge >= 0.3 is 14.7 Å². The Morgan fingerprint density at radius 2 is 1.94 bits per heavy atom. The van der Waals surface area contributed by atoms with Gasteiger partial charge in [0.2, 0.25) is 0 Å². The van der Waals surface area contributed by atoms with Gasteiger partial charge in [0.05, 0.1) is 18.3 Å². The molecule has 0 aliphatic rings. The van der Waals surface area contributed by atoms with Crippen molar-refractivity contribution in [2.45, 2.75) is 57.3 Å². The van der Waals surface area contributed by atoms with Gasteiger partial charge in [-0.25, -0.2) is 0 Å². The largest absolute Gasteiger partial charge is 0.481 e. The summed E-state index contributed by atoms with van der Waals surface area (Å²) in [4.78, 5) is 10.4. The van der Waals surface area contributed by atoms with Gasteiger partial charge in [0.25, 0.3) is 0 Å². The molecule has 0 amide bonds. The first-order valence-corrected chi connectivity index (χ1v) is 10.9. The first-order valence-electron chi connectivity index (χ1n) is 5.76. The van der Waals surface area contributed by atoms with Crippen molar-refractivity contribution in [3.63, 3.8) is 0 Å². The van der Waals surface area contributed by atoms with Crippen molar-refractivity contribution in [3.8, 4) is 0 Å². The van der Waals surface area contributed by atoms with E-state index in [-0.39, 0.29) is 18.2 Å². The first-order chi connectivity index (χ1) is 7.65. The number of carboxylic acid groups (broad SMARTS) is 1. The molecule has 7 heteroatoms. The number of carboxylic acids is 1. The quantitative estimate of drug-likeness (QED) is 0.656. The molecule has 2 atom stereocenters. The molecular formula is C10H22O5Si2. The van der Waals surface area contributed by atoms with Crippen molar-refractivity contribution >= 4 is 23.0 Å². The Bertz CT molecular complexity index is 274. The molecule has 2 unspecified atom stereocenters. The van der Waals surface area contributed by atoms with E-state index in [1.54, 1.807) is 0 Å². The van der Waals surface area contributed by atoms with Gasteiger partial charge in [0.15, 0.2) is 8.32 Å². The van der Waals surface area contributed by atoms with E-state index in [9.17, 15) is 14.4 Å². The maximum absolute atomic E-state index is 12.0. The lowest BCUT2D eigenvalue weighted by Crippen LogP contribution is -2.38. The molecule has 0 saturated heterocycles. The van der Waals surface area contributed by atoms with Gasteiger partial charge in [0.1, 0.15) is 0 Å². The van der Waals surface area contributed by atoms with Crippen molar-refractivity contribution in [3.05, 3.63) is 0 Å². The molecule has 0 heterocycles. The number of hydrogen-bond donors (Lipinski definition) is 2. The number of aliphatic hydroxyl groups is 1. The first kappa shape index (κ1) is 16.6. The fourth-order valence-electron chi connectivity index (χ4n) is 1.44. The highest BCUT2D eigenvalue weighted by Crippen LogP contribution is 2.13. The van der Waals surface area contributed by atoms with Gasteiger partial charge in [0, 0.05) is 6.04 Å². The van der Waals surface area contributed by atoms with Crippen molar-refractivity contribution in [1.29, 1.82) is 0 Å². The van der Waals surface area contributed by atoms with Crippen LogP contribution >= 0.6 is 0 Å². The molecule has 0 bridgehead atoms. The second-order valence-corrected chi connectivity index (χ2v) is 11.5. The SMILES string of the molecule is CCC(O[Si](C)(C)C)[Si](=O)CC(O)CC(=O)O. The van der Waals surface area contributed by atoms with E-state index in [2.05, 4.69) is 0 Å². The van der Waals surface area contributed by atoms with E-state index < -0.39 is 29.1 Å². The van der Waals surface area contributed by atoms with Gasteiger partial charge in [-0.05, 0) is 26.1 Å². The average molecular weight is 278 g/mol. The Morgan fingerprint density at radius 1 is 1.41 bits per heavy atom. The summed E-state index contributed by atoms with van der Waals surface area (Å²) in [5.41, 5.74) is -0.338. The molecule has 0 saturated carbocycles. The highest BCUT2D eigenvalue weighted by Gasteiger charge is 2.28. The van der Waals surface area contributed by atoms with Crippen molar-refractivity contribution in [1.82, 2.24) is 0 Å². The molecule has 0 aromatic carbocycles. The third-order valence-corrected chi connectivity index (χ3v) is 5.42. The fraction of sp³-hybridized carbons (Fsp3) is 0.900. The number of rotatable bonds is 8. The Balaban J connectivity index is 4.31. The van der Waals surface area contributed by atoms with Gasteiger partial charge in [-0.2, -0.15) is 0 Å².